The summed E-state index contributed by atoms with van der Waals surface area (Å²) in [6, 6.07) is 10.1. The number of halogens is 1. The summed E-state index contributed by atoms with van der Waals surface area (Å²) >= 11 is 0. The van der Waals surface area contributed by atoms with Gasteiger partial charge in [-0.2, -0.15) is 0 Å². The van der Waals surface area contributed by atoms with Gasteiger partial charge in [0.05, 0.1) is 11.2 Å². The quantitative estimate of drug-likeness (QED) is 0.482. The van der Waals surface area contributed by atoms with Crippen LogP contribution in [0.25, 0.3) is 22.4 Å². The molecule has 2 aromatic heterocycles. The summed E-state index contributed by atoms with van der Waals surface area (Å²) in [6.45, 7) is 7.75. The van der Waals surface area contributed by atoms with Crippen LogP contribution in [0.5, 0.6) is 0 Å². The van der Waals surface area contributed by atoms with Crippen LogP contribution in [-0.4, -0.2) is 51.8 Å². The summed E-state index contributed by atoms with van der Waals surface area (Å²) in [4.78, 5) is 35.0. The summed E-state index contributed by atoms with van der Waals surface area (Å²) in [5.41, 5.74) is 3.38. The number of nitrogens with zero attached hydrogens (tertiary/aromatic N) is 3. The molecular formula is C29H32FN3O3. The third-order valence-electron chi connectivity index (χ3n) is 8.39. The molecule has 36 heavy (non-hydrogen) atoms. The van der Waals surface area contributed by atoms with Crippen LogP contribution < -0.4 is 0 Å². The number of benzene rings is 1. The molecule has 1 saturated heterocycles. The highest BCUT2D eigenvalue weighted by atomic mass is 19.1. The van der Waals surface area contributed by atoms with Crippen molar-refractivity contribution in [1.82, 2.24) is 14.8 Å². The average Bonchev–Trinajstić information content (AvgIpc) is 3.40. The number of amides is 2. The molecule has 6 nitrogen and oxygen atoms in total. The number of piperazine rings is 1. The number of fused-ring (bicyclic) bond motifs is 1. The summed E-state index contributed by atoms with van der Waals surface area (Å²) in [5, 5.41) is 0. The van der Waals surface area contributed by atoms with Gasteiger partial charge in [-0.25, -0.2) is 9.37 Å². The molecule has 1 aromatic carbocycles. The Morgan fingerprint density at radius 3 is 2.39 bits per heavy atom. The first-order valence-electron chi connectivity index (χ1n) is 13.0. The van der Waals surface area contributed by atoms with Crippen LogP contribution in [0.4, 0.5) is 4.39 Å². The number of carbonyl (C=O) groups is 2. The Bertz CT molecular complexity index is 1350. The van der Waals surface area contributed by atoms with E-state index in [1.807, 2.05) is 29.7 Å². The van der Waals surface area contributed by atoms with Crippen molar-refractivity contribution in [3.63, 3.8) is 0 Å². The van der Waals surface area contributed by atoms with Crippen LogP contribution in [0.1, 0.15) is 69.0 Å². The highest BCUT2D eigenvalue weighted by Crippen LogP contribution is 2.50. The zero-order chi connectivity index (χ0) is 25.2. The number of pyridine rings is 1. The molecule has 6 rings (SSSR count). The number of rotatable bonds is 4. The van der Waals surface area contributed by atoms with Crippen LogP contribution in [0.15, 0.2) is 40.8 Å². The first kappa shape index (κ1) is 23.2. The van der Waals surface area contributed by atoms with Gasteiger partial charge in [-0.1, -0.05) is 13.3 Å². The molecule has 0 N–H and O–H groups in total. The van der Waals surface area contributed by atoms with Crippen LogP contribution in [0.3, 0.4) is 0 Å². The minimum atomic E-state index is -0.508. The van der Waals surface area contributed by atoms with Gasteiger partial charge in [0.1, 0.15) is 11.3 Å². The molecule has 188 valence electrons. The van der Waals surface area contributed by atoms with Crippen LogP contribution >= 0.6 is 0 Å². The van der Waals surface area contributed by atoms with Crippen LogP contribution in [0, 0.1) is 11.7 Å². The smallest absolute Gasteiger partial charge is 0.290 e. The van der Waals surface area contributed by atoms with Crippen molar-refractivity contribution in [1.29, 1.82) is 0 Å². The highest BCUT2D eigenvalue weighted by molar-refractivity contribution is 5.97. The lowest BCUT2D eigenvalue weighted by molar-refractivity contribution is -0.142. The molecule has 1 aliphatic heterocycles. The molecule has 0 spiro atoms. The van der Waals surface area contributed by atoms with Crippen molar-refractivity contribution in [3.8, 4) is 11.3 Å². The topological polar surface area (TPSA) is 66.7 Å². The van der Waals surface area contributed by atoms with Crippen molar-refractivity contribution in [2.45, 2.75) is 63.8 Å². The Labute approximate surface area is 210 Å². The second kappa shape index (κ2) is 8.15. The van der Waals surface area contributed by atoms with Gasteiger partial charge in [-0.15, -0.1) is 0 Å². The minimum Gasteiger partial charge on any atom is -0.449 e. The molecule has 3 heterocycles. The maximum Gasteiger partial charge on any atom is 0.290 e. The number of hydrogen-bond donors (Lipinski definition) is 0. The SMILES string of the molecule is CC1(c2cc(-c3ccc(F)cc3)nc3cc(C(=O)N4CCN(C(=O)C5CCC5)CC4(C)C)oc23)CC1. The van der Waals surface area contributed by atoms with Crippen molar-refractivity contribution in [3.05, 3.63) is 53.5 Å². The Kier molecular flexibility index (Phi) is 5.25. The Morgan fingerprint density at radius 1 is 1.06 bits per heavy atom. The monoisotopic (exact) mass is 489 g/mol. The molecule has 0 atom stereocenters. The van der Waals surface area contributed by atoms with Gasteiger partial charge in [0, 0.05) is 42.7 Å². The zero-order valence-corrected chi connectivity index (χ0v) is 21.1. The molecule has 2 saturated carbocycles. The molecule has 3 aromatic rings. The van der Waals surface area contributed by atoms with Crippen LogP contribution in [0.2, 0.25) is 0 Å². The van der Waals surface area contributed by atoms with E-state index in [-0.39, 0.29) is 34.7 Å². The van der Waals surface area contributed by atoms with Gasteiger partial charge < -0.3 is 14.2 Å². The first-order chi connectivity index (χ1) is 17.1. The van der Waals surface area contributed by atoms with E-state index < -0.39 is 5.54 Å². The van der Waals surface area contributed by atoms with Gasteiger partial charge in [0.2, 0.25) is 5.91 Å². The normalized spacial score (nSPS) is 20.9. The second-order valence-corrected chi connectivity index (χ2v) is 11.6. The molecule has 0 bridgehead atoms. The van der Waals surface area contributed by atoms with Gasteiger partial charge in [-0.05, 0) is 75.3 Å². The van der Waals surface area contributed by atoms with E-state index in [0.717, 1.165) is 48.9 Å². The van der Waals surface area contributed by atoms with Crippen molar-refractivity contribution in [2.75, 3.05) is 19.6 Å². The highest BCUT2D eigenvalue weighted by Gasteiger charge is 2.44. The minimum absolute atomic E-state index is 0.0130. The van der Waals surface area contributed by atoms with E-state index in [9.17, 15) is 14.0 Å². The molecule has 0 unspecified atom stereocenters. The van der Waals surface area contributed by atoms with Crippen molar-refractivity contribution in [2.24, 2.45) is 5.92 Å². The molecule has 2 amide bonds. The van der Waals surface area contributed by atoms with E-state index in [2.05, 4.69) is 6.92 Å². The second-order valence-electron chi connectivity index (χ2n) is 11.6. The lowest BCUT2D eigenvalue weighted by atomic mass is 9.83. The number of aromatic nitrogens is 1. The predicted molar refractivity (Wildman–Crippen MR) is 135 cm³/mol. The summed E-state index contributed by atoms with van der Waals surface area (Å²) in [7, 11) is 0. The first-order valence-corrected chi connectivity index (χ1v) is 13.0. The molecule has 3 aliphatic rings. The molecule has 0 radical (unpaired) electrons. The fraction of sp³-hybridized carbons (Fsp3) is 0.483. The molecule has 2 aliphatic carbocycles. The number of furan rings is 1. The Morgan fingerprint density at radius 2 is 1.78 bits per heavy atom. The van der Waals surface area contributed by atoms with Crippen molar-refractivity contribution >= 4 is 22.9 Å². The van der Waals surface area contributed by atoms with Gasteiger partial charge in [0.25, 0.3) is 5.91 Å². The fourth-order valence-electron chi connectivity index (χ4n) is 5.57. The largest absolute Gasteiger partial charge is 0.449 e. The lowest BCUT2D eigenvalue weighted by Gasteiger charge is -2.48. The predicted octanol–water partition coefficient (Wildman–Crippen LogP) is 5.55. The zero-order valence-electron chi connectivity index (χ0n) is 21.1. The Balaban J connectivity index is 1.32. The van der Waals surface area contributed by atoms with Gasteiger partial charge in [-0.3, -0.25) is 9.59 Å². The average molecular weight is 490 g/mol. The maximum atomic E-state index is 13.7. The van der Waals surface area contributed by atoms with E-state index >= 15 is 0 Å². The van der Waals surface area contributed by atoms with E-state index in [1.165, 1.54) is 12.1 Å². The fourth-order valence-corrected chi connectivity index (χ4v) is 5.57. The van der Waals surface area contributed by atoms with Crippen LogP contribution in [-0.2, 0) is 10.2 Å². The third kappa shape index (κ3) is 3.89. The lowest BCUT2D eigenvalue weighted by Crippen LogP contribution is -2.62. The Hall–Kier alpha value is -3.22. The molecule has 7 heteroatoms. The van der Waals surface area contributed by atoms with E-state index in [0.29, 0.717) is 30.7 Å². The summed E-state index contributed by atoms with van der Waals surface area (Å²) < 4.78 is 19.7. The van der Waals surface area contributed by atoms with E-state index in [1.54, 1.807) is 18.2 Å². The number of carbonyl (C=O) groups excluding carboxylic acids is 2. The molecular weight excluding hydrogens is 457 g/mol. The maximum absolute atomic E-state index is 13.7. The van der Waals surface area contributed by atoms with E-state index in [4.69, 9.17) is 9.40 Å². The van der Waals surface area contributed by atoms with Gasteiger partial charge in [0.15, 0.2) is 11.3 Å². The molecule has 3 fully saturated rings. The van der Waals surface area contributed by atoms with Crippen molar-refractivity contribution < 1.29 is 18.4 Å². The summed E-state index contributed by atoms with van der Waals surface area (Å²) in [6.07, 6.45) is 5.17. The standard InChI is InChI=1S/C29H32FN3O3/c1-28(2)17-32(26(34)19-5-4-6-19)13-14-33(28)27(35)24-16-23-25(36-24)21(29(3)11-12-29)15-22(31-23)18-7-9-20(30)10-8-18/h7-10,15-16,19H,4-6,11-14,17H2,1-3H3. The van der Waals surface area contributed by atoms with Gasteiger partial charge >= 0.3 is 0 Å². The number of hydrogen-bond acceptors (Lipinski definition) is 4. The summed E-state index contributed by atoms with van der Waals surface area (Å²) in [5.74, 6) is 0.185. The third-order valence-corrected chi connectivity index (χ3v) is 8.39.